The summed E-state index contributed by atoms with van der Waals surface area (Å²) in [5, 5.41) is 20.4. The van der Waals surface area contributed by atoms with Crippen LogP contribution in [0.1, 0.15) is 34.2 Å². The van der Waals surface area contributed by atoms with Gasteiger partial charge in [0.25, 0.3) is 0 Å². The maximum atomic E-state index is 10.9. The van der Waals surface area contributed by atoms with Crippen molar-refractivity contribution < 1.29 is 9.90 Å². The molecule has 2 aromatic heterocycles. The third kappa shape index (κ3) is 2.33. The number of anilines is 1. The van der Waals surface area contributed by atoms with Crippen molar-refractivity contribution in [2.75, 3.05) is 5.32 Å². The monoisotopic (exact) mass is 267 g/mol. The van der Waals surface area contributed by atoms with Crippen LogP contribution >= 0.6 is 11.3 Å². The second-order valence-corrected chi connectivity index (χ2v) is 5.10. The lowest BCUT2D eigenvalue weighted by atomic mass is 10.3. The van der Waals surface area contributed by atoms with E-state index in [1.807, 2.05) is 14.0 Å². The van der Waals surface area contributed by atoms with Crippen LogP contribution in [0.15, 0.2) is 6.33 Å². The number of aryl methyl sites for hydroxylation is 2. The van der Waals surface area contributed by atoms with Crippen molar-refractivity contribution in [3.63, 3.8) is 0 Å². The number of nitrogens with zero attached hydrogens (tertiary/aromatic N) is 4. The zero-order valence-electron chi connectivity index (χ0n) is 10.2. The largest absolute Gasteiger partial charge is 0.476 e. The highest BCUT2D eigenvalue weighted by atomic mass is 32.1. The number of carboxylic acids is 1. The summed E-state index contributed by atoms with van der Waals surface area (Å²) >= 11 is 1.31. The van der Waals surface area contributed by atoms with Crippen LogP contribution in [-0.2, 0) is 7.05 Å². The molecule has 0 aromatic carbocycles. The number of carbonyl (C=O) groups is 1. The van der Waals surface area contributed by atoms with Gasteiger partial charge >= 0.3 is 5.97 Å². The van der Waals surface area contributed by atoms with Crippen LogP contribution in [-0.4, -0.2) is 30.8 Å². The Morgan fingerprint density at radius 1 is 1.61 bits per heavy atom. The number of nitrogens with one attached hydrogen (secondary N) is 1. The fraction of sp³-hybridized carbons (Fsp3) is 0.400. The molecule has 0 saturated heterocycles. The summed E-state index contributed by atoms with van der Waals surface area (Å²) < 4.78 is 1.80. The van der Waals surface area contributed by atoms with Crippen molar-refractivity contribution in [1.82, 2.24) is 19.7 Å². The predicted octanol–water partition coefficient (Wildman–Crippen LogP) is 1.45. The van der Waals surface area contributed by atoms with Gasteiger partial charge in [-0.1, -0.05) is 0 Å². The average molecular weight is 267 g/mol. The molecule has 0 amide bonds. The summed E-state index contributed by atoms with van der Waals surface area (Å²) in [5.74, 6) is -0.247. The van der Waals surface area contributed by atoms with E-state index < -0.39 is 5.97 Å². The van der Waals surface area contributed by atoms with Gasteiger partial charge in [0.05, 0.1) is 6.04 Å². The lowest BCUT2D eigenvalue weighted by Gasteiger charge is -2.11. The molecule has 7 nitrogen and oxygen atoms in total. The summed E-state index contributed by atoms with van der Waals surface area (Å²) in [4.78, 5) is 15.6. The highest BCUT2D eigenvalue weighted by molar-refractivity contribution is 7.15. The zero-order valence-corrected chi connectivity index (χ0v) is 11.0. The van der Waals surface area contributed by atoms with Gasteiger partial charge in [-0.2, -0.15) is 0 Å². The van der Waals surface area contributed by atoms with Crippen molar-refractivity contribution in [1.29, 1.82) is 0 Å². The Labute approximate surface area is 108 Å². The number of thiazole rings is 1. The summed E-state index contributed by atoms with van der Waals surface area (Å²) in [5.41, 5.74) is 0.0904. The van der Waals surface area contributed by atoms with Gasteiger partial charge in [-0.25, -0.2) is 9.78 Å². The number of aromatic nitrogens is 4. The maximum Gasteiger partial charge on any atom is 0.355 e. The van der Waals surface area contributed by atoms with E-state index in [1.54, 1.807) is 17.8 Å². The minimum atomic E-state index is -1.01. The Kier molecular flexibility index (Phi) is 3.28. The molecule has 0 aliphatic carbocycles. The van der Waals surface area contributed by atoms with Crippen LogP contribution in [0, 0.1) is 6.92 Å². The summed E-state index contributed by atoms with van der Waals surface area (Å²) in [6.45, 7) is 3.65. The second kappa shape index (κ2) is 4.73. The Morgan fingerprint density at radius 3 is 2.83 bits per heavy atom. The van der Waals surface area contributed by atoms with E-state index >= 15 is 0 Å². The van der Waals surface area contributed by atoms with E-state index in [1.165, 1.54) is 11.3 Å². The van der Waals surface area contributed by atoms with Crippen LogP contribution in [0.4, 0.5) is 5.13 Å². The van der Waals surface area contributed by atoms with Gasteiger partial charge in [0, 0.05) is 11.9 Å². The van der Waals surface area contributed by atoms with E-state index in [9.17, 15) is 4.79 Å². The van der Waals surface area contributed by atoms with E-state index in [-0.39, 0.29) is 11.7 Å². The Balaban J connectivity index is 2.17. The molecule has 96 valence electrons. The Bertz CT molecular complexity index is 577. The first-order chi connectivity index (χ1) is 8.49. The minimum absolute atomic E-state index is 0.0904. The highest BCUT2D eigenvalue weighted by Gasteiger charge is 2.17. The van der Waals surface area contributed by atoms with Crippen molar-refractivity contribution in [2.45, 2.75) is 19.9 Å². The maximum absolute atomic E-state index is 10.9. The summed E-state index contributed by atoms with van der Waals surface area (Å²) in [7, 11) is 1.85. The normalized spacial score (nSPS) is 12.4. The van der Waals surface area contributed by atoms with E-state index in [2.05, 4.69) is 20.5 Å². The SMILES string of the molecule is Cc1sc(NC(C)c2nncn2C)nc1C(=O)O. The third-order valence-electron chi connectivity index (χ3n) is 2.47. The smallest absolute Gasteiger partial charge is 0.355 e. The minimum Gasteiger partial charge on any atom is -0.476 e. The van der Waals surface area contributed by atoms with E-state index in [4.69, 9.17) is 5.11 Å². The second-order valence-electron chi connectivity index (χ2n) is 3.90. The molecule has 8 heteroatoms. The average Bonchev–Trinajstić information content (AvgIpc) is 2.84. The molecule has 2 rings (SSSR count). The molecular weight excluding hydrogens is 254 g/mol. The molecule has 2 heterocycles. The van der Waals surface area contributed by atoms with Crippen LogP contribution < -0.4 is 5.32 Å². The molecule has 0 saturated carbocycles. The van der Waals surface area contributed by atoms with E-state index in [0.717, 1.165) is 5.82 Å². The van der Waals surface area contributed by atoms with Crippen LogP contribution in [0.5, 0.6) is 0 Å². The Hall–Kier alpha value is -1.96. The van der Waals surface area contributed by atoms with Crippen molar-refractivity contribution in [3.8, 4) is 0 Å². The molecule has 1 atom stereocenters. The number of aromatic carboxylic acids is 1. The lowest BCUT2D eigenvalue weighted by molar-refractivity contribution is 0.0690. The van der Waals surface area contributed by atoms with Gasteiger partial charge in [0.15, 0.2) is 16.6 Å². The van der Waals surface area contributed by atoms with Crippen LogP contribution in [0.25, 0.3) is 0 Å². The fourth-order valence-electron chi connectivity index (χ4n) is 1.59. The molecule has 0 radical (unpaired) electrons. The first-order valence-electron chi connectivity index (χ1n) is 5.30. The number of hydrogen-bond acceptors (Lipinski definition) is 6. The summed E-state index contributed by atoms with van der Waals surface area (Å²) in [6.07, 6.45) is 1.61. The number of hydrogen-bond donors (Lipinski definition) is 2. The zero-order chi connectivity index (χ0) is 13.3. The van der Waals surface area contributed by atoms with Gasteiger partial charge in [0.2, 0.25) is 0 Å². The molecule has 0 bridgehead atoms. The lowest BCUT2D eigenvalue weighted by Crippen LogP contribution is -2.12. The molecule has 0 aliphatic rings. The number of rotatable bonds is 4. The number of carboxylic acid groups (broad SMARTS) is 1. The molecule has 18 heavy (non-hydrogen) atoms. The van der Waals surface area contributed by atoms with Gasteiger partial charge in [-0.15, -0.1) is 21.5 Å². The fourth-order valence-corrected chi connectivity index (χ4v) is 2.48. The summed E-state index contributed by atoms with van der Waals surface area (Å²) in [6, 6.07) is -0.0929. The molecule has 1 unspecified atom stereocenters. The molecule has 0 fully saturated rings. The van der Waals surface area contributed by atoms with Gasteiger partial charge in [0.1, 0.15) is 6.33 Å². The van der Waals surface area contributed by atoms with Gasteiger partial charge < -0.3 is 15.0 Å². The molecule has 2 aromatic rings. The first-order valence-corrected chi connectivity index (χ1v) is 6.12. The quantitative estimate of drug-likeness (QED) is 0.871. The molecule has 2 N–H and O–H groups in total. The van der Waals surface area contributed by atoms with Crippen molar-refractivity contribution in [3.05, 3.63) is 22.7 Å². The van der Waals surface area contributed by atoms with Gasteiger partial charge in [-0.3, -0.25) is 0 Å². The predicted molar refractivity (Wildman–Crippen MR) is 66.9 cm³/mol. The van der Waals surface area contributed by atoms with Crippen LogP contribution in [0.2, 0.25) is 0 Å². The third-order valence-corrected chi connectivity index (χ3v) is 3.37. The highest BCUT2D eigenvalue weighted by Crippen LogP contribution is 2.25. The standard InChI is InChI=1S/C10H13N5O2S/c1-5(8-14-11-4-15(8)3)12-10-13-7(9(16)17)6(2)18-10/h4-5H,1-3H3,(H,12,13)(H,16,17). The van der Waals surface area contributed by atoms with Crippen LogP contribution in [0.3, 0.4) is 0 Å². The van der Waals surface area contributed by atoms with Crippen molar-refractivity contribution in [2.24, 2.45) is 7.05 Å². The van der Waals surface area contributed by atoms with Crippen molar-refractivity contribution >= 4 is 22.4 Å². The topological polar surface area (TPSA) is 92.9 Å². The molecule has 0 spiro atoms. The molecule has 0 aliphatic heterocycles. The Morgan fingerprint density at radius 2 is 2.33 bits per heavy atom. The van der Waals surface area contributed by atoms with E-state index in [0.29, 0.717) is 10.0 Å². The molecular formula is C10H13N5O2S. The first kappa shape index (κ1) is 12.5. The van der Waals surface area contributed by atoms with Gasteiger partial charge in [-0.05, 0) is 13.8 Å².